The molecule has 0 saturated carbocycles. The second-order valence-corrected chi connectivity index (χ2v) is 6.00. The third kappa shape index (κ3) is 5.00. The molecule has 0 amide bonds. The smallest absolute Gasteiger partial charge is 0.122 e. The molecule has 0 aromatic heterocycles. The molecule has 3 nitrogen and oxygen atoms in total. The van der Waals surface area contributed by atoms with Crippen LogP contribution in [0.25, 0.3) is 0 Å². The van der Waals surface area contributed by atoms with E-state index < -0.39 is 0 Å². The van der Waals surface area contributed by atoms with Crippen molar-refractivity contribution in [1.82, 2.24) is 0 Å². The zero-order valence-electron chi connectivity index (χ0n) is 14.3. The molecule has 0 fully saturated rings. The minimum Gasteiger partial charge on any atom is -0.496 e. The first-order chi connectivity index (χ1) is 11.1. The van der Waals surface area contributed by atoms with Gasteiger partial charge < -0.3 is 15.2 Å². The van der Waals surface area contributed by atoms with Gasteiger partial charge in [0.05, 0.1) is 14.2 Å². The summed E-state index contributed by atoms with van der Waals surface area (Å²) in [6.45, 7) is 2.00. The minimum absolute atomic E-state index is 0.0949. The largest absolute Gasteiger partial charge is 0.496 e. The van der Waals surface area contributed by atoms with Crippen LogP contribution in [-0.2, 0) is 19.3 Å². The summed E-state index contributed by atoms with van der Waals surface area (Å²) < 4.78 is 11.1. The lowest BCUT2D eigenvalue weighted by Gasteiger charge is -2.16. The fraction of sp³-hybridized carbons (Fsp3) is 0.400. The van der Waals surface area contributed by atoms with Crippen molar-refractivity contribution < 1.29 is 9.47 Å². The summed E-state index contributed by atoms with van der Waals surface area (Å²) in [7, 11) is 3.43. The first-order valence-electron chi connectivity index (χ1n) is 8.17. The maximum Gasteiger partial charge on any atom is 0.122 e. The van der Waals surface area contributed by atoms with E-state index in [9.17, 15) is 0 Å². The lowest BCUT2D eigenvalue weighted by molar-refractivity contribution is 0.393. The predicted molar refractivity (Wildman–Crippen MR) is 95.4 cm³/mol. The molecular formula is C20H27NO2. The van der Waals surface area contributed by atoms with E-state index in [4.69, 9.17) is 15.2 Å². The standard InChI is InChI=1S/C20H27NO2/c1-15(21)12-18-14-19(22-2)17(13-20(18)23-3)11-7-10-16-8-5-4-6-9-16/h4-6,8-9,13-15H,7,10-12,21H2,1-3H3. The Hall–Kier alpha value is -2.00. The number of benzene rings is 2. The number of rotatable bonds is 8. The van der Waals surface area contributed by atoms with Gasteiger partial charge in [-0.3, -0.25) is 0 Å². The van der Waals surface area contributed by atoms with Crippen molar-refractivity contribution in [3.8, 4) is 11.5 Å². The van der Waals surface area contributed by atoms with E-state index in [1.165, 1.54) is 11.1 Å². The van der Waals surface area contributed by atoms with Crippen LogP contribution >= 0.6 is 0 Å². The maximum absolute atomic E-state index is 5.93. The molecule has 1 atom stereocenters. The van der Waals surface area contributed by atoms with Crippen molar-refractivity contribution in [3.63, 3.8) is 0 Å². The summed E-state index contributed by atoms with van der Waals surface area (Å²) in [6, 6.07) is 14.8. The zero-order valence-corrected chi connectivity index (χ0v) is 14.3. The number of methoxy groups -OCH3 is 2. The number of nitrogens with two attached hydrogens (primary N) is 1. The fourth-order valence-corrected chi connectivity index (χ4v) is 2.85. The van der Waals surface area contributed by atoms with Crippen molar-refractivity contribution in [2.24, 2.45) is 5.73 Å². The Morgan fingerprint density at radius 3 is 2.13 bits per heavy atom. The summed E-state index contributed by atoms with van der Waals surface area (Å²) in [5.41, 5.74) is 9.58. The van der Waals surface area contributed by atoms with Gasteiger partial charge in [-0.05, 0) is 61.4 Å². The summed E-state index contributed by atoms with van der Waals surface area (Å²) in [5, 5.41) is 0. The molecule has 0 saturated heterocycles. The third-order valence-electron chi connectivity index (χ3n) is 3.98. The van der Waals surface area contributed by atoms with Gasteiger partial charge in [-0.15, -0.1) is 0 Å². The van der Waals surface area contributed by atoms with E-state index in [1.807, 2.05) is 6.92 Å². The molecule has 124 valence electrons. The first kappa shape index (κ1) is 17.4. The summed E-state index contributed by atoms with van der Waals surface area (Å²) in [6.07, 6.45) is 3.89. The Balaban J connectivity index is 2.10. The highest BCUT2D eigenvalue weighted by Gasteiger charge is 2.12. The van der Waals surface area contributed by atoms with Crippen LogP contribution < -0.4 is 15.2 Å². The maximum atomic E-state index is 5.93. The Morgan fingerprint density at radius 2 is 1.52 bits per heavy atom. The van der Waals surface area contributed by atoms with Crippen LogP contribution in [0.4, 0.5) is 0 Å². The Morgan fingerprint density at radius 1 is 0.913 bits per heavy atom. The molecule has 2 N–H and O–H groups in total. The number of ether oxygens (including phenoxy) is 2. The van der Waals surface area contributed by atoms with Gasteiger partial charge in [0, 0.05) is 6.04 Å². The minimum atomic E-state index is 0.0949. The van der Waals surface area contributed by atoms with E-state index in [0.29, 0.717) is 0 Å². The molecule has 0 aliphatic heterocycles. The molecule has 0 radical (unpaired) electrons. The average Bonchev–Trinajstić information content (AvgIpc) is 2.56. The molecule has 0 heterocycles. The highest BCUT2D eigenvalue weighted by molar-refractivity contribution is 5.47. The lowest BCUT2D eigenvalue weighted by atomic mass is 9.99. The van der Waals surface area contributed by atoms with E-state index in [1.54, 1.807) is 14.2 Å². The predicted octanol–water partition coefficient (Wildman–Crippen LogP) is 3.77. The number of aryl methyl sites for hydroxylation is 2. The Labute approximate surface area is 139 Å². The second-order valence-electron chi connectivity index (χ2n) is 6.00. The Bertz CT molecular complexity index is 609. The fourth-order valence-electron chi connectivity index (χ4n) is 2.85. The van der Waals surface area contributed by atoms with Gasteiger partial charge in [0.15, 0.2) is 0 Å². The van der Waals surface area contributed by atoms with Gasteiger partial charge in [0.1, 0.15) is 11.5 Å². The van der Waals surface area contributed by atoms with E-state index in [0.717, 1.165) is 42.7 Å². The summed E-state index contributed by atoms with van der Waals surface area (Å²) >= 11 is 0. The molecule has 1 unspecified atom stereocenters. The van der Waals surface area contributed by atoms with Crippen molar-refractivity contribution in [2.45, 2.75) is 38.6 Å². The third-order valence-corrected chi connectivity index (χ3v) is 3.98. The van der Waals surface area contributed by atoms with Gasteiger partial charge in [-0.25, -0.2) is 0 Å². The molecule has 2 rings (SSSR count). The zero-order chi connectivity index (χ0) is 16.7. The lowest BCUT2D eigenvalue weighted by Crippen LogP contribution is -2.18. The van der Waals surface area contributed by atoms with E-state index in [-0.39, 0.29) is 6.04 Å². The molecule has 3 heteroatoms. The van der Waals surface area contributed by atoms with Crippen LogP contribution in [-0.4, -0.2) is 20.3 Å². The normalized spacial score (nSPS) is 12.0. The van der Waals surface area contributed by atoms with Crippen molar-refractivity contribution in [1.29, 1.82) is 0 Å². The summed E-state index contributed by atoms with van der Waals surface area (Å²) in [5.74, 6) is 1.83. The van der Waals surface area contributed by atoms with E-state index in [2.05, 4.69) is 42.5 Å². The molecule has 0 bridgehead atoms. The number of hydrogen-bond acceptors (Lipinski definition) is 3. The van der Waals surface area contributed by atoms with Crippen molar-refractivity contribution >= 4 is 0 Å². The number of hydrogen-bond donors (Lipinski definition) is 1. The molecule has 0 spiro atoms. The van der Waals surface area contributed by atoms with Crippen LogP contribution in [0.3, 0.4) is 0 Å². The summed E-state index contributed by atoms with van der Waals surface area (Å²) in [4.78, 5) is 0. The SMILES string of the molecule is COc1cc(CC(C)N)c(OC)cc1CCCc1ccccc1. The molecule has 0 aliphatic carbocycles. The quantitative estimate of drug-likeness (QED) is 0.807. The average molecular weight is 313 g/mol. The molecule has 2 aromatic carbocycles. The molecule has 23 heavy (non-hydrogen) atoms. The van der Waals surface area contributed by atoms with Crippen LogP contribution in [0, 0.1) is 0 Å². The second kappa shape index (κ2) is 8.59. The molecule has 0 aliphatic rings. The van der Waals surface area contributed by atoms with Crippen LogP contribution in [0.15, 0.2) is 42.5 Å². The van der Waals surface area contributed by atoms with Gasteiger partial charge >= 0.3 is 0 Å². The topological polar surface area (TPSA) is 44.5 Å². The highest BCUT2D eigenvalue weighted by Crippen LogP contribution is 2.30. The van der Waals surface area contributed by atoms with Crippen molar-refractivity contribution in [3.05, 3.63) is 59.2 Å². The van der Waals surface area contributed by atoms with Gasteiger partial charge in [0.2, 0.25) is 0 Å². The van der Waals surface area contributed by atoms with E-state index >= 15 is 0 Å². The van der Waals surface area contributed by atoms with Crippen LogP contribution in [0.2, 0.25) is 0 Å². The van der Waals surface area contributed by atoms with Crippen molar-refractivity contribution in [2.75, 3.05) is 14.2 Å². The van der Waals surface area contributed by atoms with Crippen LogP contribution in [0.5, 0.6) is 11.5 Å². The Kier molecular flexibility index (Phi) is 6.48. The molecular weight excluding hydrogens is 286 g/mol. The van der Waals surface area contributed by atoms with Gasteiger partial charge in [-0.2, -0.15) is 0 Å². The highest BCUT2D eigenvalue weighted by atomic mass is 16.5. The van der Waals surface area contributed by atoms with Gasteiger partial charge in [0.25, 0.3) is 0 Å². The van der Waals surface area contributed by atoms with Crippen LogP contribution in [0.1, 0.15) is 30.0 Å². The monoisotopic (exact) mass is 313 g/mol. The van der Waals surface area contributed by atoms with Gasteiger partial charge in [-0.1, -0.05) is 30.3 Å². The first-order valence-corrected chi connectivity index (χ1v) is 8.17. The molecule has 2 aromatic rings.